The first-order valence-electron chi connectivity index (χ1n) is 12.1. The number of phenols is 1. The van der Waals surface area contributed by atoms with E-state index in [1.54, 1.807) is 24.5 Å². The number of amides is 2. The van der Waals surface area contributed by atoms with Gasteiger partial charge >= 0.3 is 0 Å². The first-order valence-corrected chi connectivity index (χ1v) is 12.1. The molecule has 2 aromatic carbocycles. The van der Waals surface area contributed by atoms with Gasteiger partial charge in [-0.2, -0.15) is 0 Å². The highest BCUT2D eigenvalue weighted by Crippen LogP contribution is 2.30. The van der Waals surface area contributed by atoms with Crippen LogP contribution in [-0.2, 0) is 0 Å². The lowest BCUT2D eigenvalue weighted by molar-refractivity contribution is 0.0879. The van der Waals surface area contributed by atoms with E-state index in [9.17, 15) is 23.9 Å². The van der Waals surface area contributed by atoms with Gasteiger partial charge in [-0.25, -0.2) is 4.39 Å². The summed E-state index contributed by atoms with van der Waals surface area (Å²) in [6, 6.07) is 11.0. The van der Waals surface area contributed by atoms with E-state index in [-0.39, 0.29) is 35.2 Å². The van der Waals surface area contributed by atoms with Crippen LogP contribution in [0.4, 0.5) is 4.39 Å². The maximum Gasteiger partial charge on any atom is 0.251 e. The molecule has 1 aliphatic rings. The second-order valence-electron chi connectivity index (χ2n) is 8.92. The van der Waals surface area contributed by atoms with Crippen LogP contribution in [0.15, 0.2) is 60.9 Å². The molecule has 1 heterocycles. The summed E-state index contributed by atoms with van der Waals surface area (Å²) in [6.07, 6.45) is 7.45. The van der Waals surface area contributed by atoms with Crippen LogP contribution in [0.3, 0.4) is 0 Å². The molecule has 1 saturated carbocycles. The zero-order valence-electron chi connectivity index (χ0n) is 20.4. The summed E-state index contributed by atoms with van der Waals surface area (Å²) in [7, 11) is 1.26. The topological polar surface area (TPSA) is 118 Å². The Morgan fingerprint density at radius 1 is 0.838 bits per heavy atom. The molecular weight excluding hydrogens is 477 g/mol. The third-order valence-electron chi connectivity index (χ3n) is 6.53. The molecule has 1 aliphatic carbocycles. The summed E-state index contributed by atoms with van der Waals surface area (Å²) in [4.78, 5) is 42.5. The molecule has 8 nitrogen and oxygen atoms in total. The number of benzene rings is 2. The van der Waals surface area contributed by atoms with Gasteiger partial charge < -0.3 is 20.5 Å². The highest BCUT2D eigenvalue weighted by Gasteiger charge is 2.28. The van der Waals surface area contributed by atoms with E-state index in [2.05, 4.69) is 15.6 Å². The Kier molecular flexibility index (Phi) is 8.12. The number of methoxy groups -OCH3 is 1. The van der Waals surface area contributed by atoms with Crippen molar-refractivity contribution in [2.45, 2.75) is 44.2 Å². The number of halogens is 1. The van der Waals surface area contributed by atoms with Gasteiger partial charge in [0, 0.05) is 41.2 Å². The lowest BCUT2D eigenvalue weighted by atomic mass is 9.99. The predicted molar refractivity (Wildman–Crippen MR) is 134 cm³/mol. The van der Waals surface area contributed by atoms with Crippen molar-refractivity contribution in [2.24, 2.45) is 0 Å². The number of hydrogen-bond donors (Lipinski definition) is 3. The highest BCUT2D eigenvalue weighted by atomic mass is 19.1. The first kappa shape index (κ1) is 25.8. The van der Waals surface area contributed by atoms with Crippen molar-refractivity contribution in [1.82, 2.24) is 15.6 Å². The van der Waals surface area contributed by atoms with Crippen molar-refractivity contribution in [3.63, 3.8) is 0 Å². The minimum Gasteiger partial charge on any atom is -0.507 e. The Morgan fingerprint density at radius 3 is 1.95 bits per heavy atom. The van der Waals surface area contributed by atoms with Crippen LogP contribution in [0.1, 0.15) is 68.7 Å². The Labute approximate surface area is 213 Å². The fourth-order valence-electron chi connectivity index (χ4n) is 4.50. The Bertz CT molecular complexity index is 1280. The lowest BCUT2D eigenvalue weighted by Crippen LogP contribution is -2.51. The number of ketones is 1. The number of aromatic nitrogens is 1. The molecule has 0 bridgehead atoms. The van der Waals surface area contributed by atoms with Crippen molar-refractivity contribution in [2.75, 3.05) is 7.11 Å². The van der Waals surface area contributed by atoms with Crippen LogP contribution >= 0.6 is 0 Å². The largest absolute Gasteiger partial charge is 0.507 e. The second-order valence-corrected chi connectivity index (χ2v) is 8.92. The van der Waals surface area contributed by atoms with Gasteiger partial charge in [-0.1, -0.05) is 31.4 Å². The fourth-order valence-corrected chi connectivity index (χ4v) is 4.50. The number of carbonyl (C=O) groups excluding carboxylic acids is 3. The Balaban J connectivity index is 1.47. The molecule has 3 aromatic rings. The fraction of sp³-hybridized carbons (Fsp3) is 0.286. The highest BCUT2D eigenvalue weighted by molar-refractivity contribution is 6.11. The molecule has 2 atom stereocenters. The van der Waals surface area contributed by atoms with Gasteiger partial charge in [0.05, 0.1) is 7.11 Å². The number of nitrogens with zero attached hydrogens (tertiary/aromatic N) is 1. The van der Waals surface area contributed by atoms with Gasteiger partial charge in [0.1, 0.15) is 11.3 Å². The van der Waals surface area contributed by atoms with Crippen molar-refractivity contribution < 1.29 is 28.6 Å². The van der Waals surface area contributed by atoms with E-state index in [4.69, 9.17) is 4.74 Å². The quantitative estimate of drug-likeness (QED) is 0.330. The van der Waals surface area contributed by atoms with Crippen LogP contribution in [-0.4, -0.2) is 46.9 Å². The van der Waals surface area contributed by atoms with Crippen LogP contribution in [0.25, 0.3) is 0 Å². The number of rotatable bonds is 7. The van der Waals surface area contributed by atoms with Crippen LogP contribution in [0.2, 0.25) is 0 Å². The molecule has 0 radical (unpaired) electrons. The SMILES string of the molecule is COc1ccc(O)c(C(=O)c2ccc(C(=O)N[C@@H]3CCCCC[C@H]3NC(=O)c3ccncc3)cc2)c1F. The molecule has 0 aliphatic heterocycles. The van der Waals surface area contributed by atoms with Gasteiger partial charge in [0.15, 0.2) is 17.3 Å². The predicted octanol–water partition coefficient (Wildman–Crippen LogP) is 4.03. The van der Waals surface area contributed by atoms with Crippen LogP contribution in [0, 0.1) is 5.82 Å². The second kappa shape index (κ2) is 11.6. The number of phenolic OH excluding ortho intramolecular Hbond substituents is 1. The summed E-state index contributed by atoms with van der Waals surface area (Å²) in [6.45, 7) is 0. The standard InChI is InChI=1S/C28H28FN3O5/c1-37-23-12-11-22(33)24(25(23)29)26(34)17-7-9-18(10-8-17)27(35)31-20-5-3-2-4-6-21(20)32-28(36)19-13-15-30-16-14-19/h7-16,20-21,33H,2-6H2,1H3,(H,31,35)(H,32,36)/t20-,21-/m1/s1. The van der Waals surface area contributed by atoms with E-state index in [1.165, 1.54) is 43.5 Å². The van der Waals surface area contributed by atoms with Gasteiger partial charge in [-0.15, -0.1) is 0 Å². The molecule has 3 N–H and O–H groups in total. The van der Waals surface area contributed by atoms with Crippen molar-refractivity contribution >= 4 is 17.6 Å². The number of nitrogens with one attached hydrogen (secondary N) is 2. The number of carbonyl (C=O) groups is 3. The van der Waals surface area contributed by atoms with Crippen LogP contribution in [0.5, 0.6) is 11.5 Å². The maximum atomic E-state index is 14.6. The summed E-state index contributed by atoms with van der Waals surface area (Å²) >= 11 is 0. The van der Waals surface area contributed by atoms with Gasteiger partial charge in [-0.3, -0.25) is 19.4 Å². The molecule has 4 rings (SSSR count). The van der Waals surface area contributed by atoms with Gasteiger partial charge in [0.2, 0.25) is 0 Å². The summed E-state index contributed by atoms with van der Waals surface area (Å²) in [5, 5.41) is 16.1. The molecule has 2 amide bonds. The number of pyridine rings is 1. The van der Waals surface area contributed by atoms with Crippen LogP contribution < -0.4 is 15.4 Å². The molecule has 0 saturated heterocycles. The molecule has 0 spiro atoms. The number of hydrogen-bond acceptors (Lipinski definition) is 6. The molecule has 192 valence electrons. The maximum absolute atomic E-state index is 14.6. The molecule has 0 unspecified atom stereocenters. The van der Waals surface area contributed by atoms with E-state index in [0.717, 1.165) is 32.1 Å². The van der Waals surface area contributed by atoms with Gasteiger partial charge in [0.25, 0.3) is 11.8 Å². The van der Waals surface area contributed by atoms with E-state index in [0.29, 0.717) is 11.1 Å². The molecule has 37 heavy (non-hydrogen) atoms. The van der Waals surface area contributed by atoms with Crippen molar-refractivity contribution in [1.29, 1.82) is 0 Å². The number of ether oxygens (including phenoxy) is 1. The number of aromatic hydroxyl groups is 1. The van der Waals surface area contributed by atoms with Gasteiger partial charge in [-0.05, 0) is 49.2 Å². The lowest BCUT2D eigenvalue weighted by Gasteiger charge is -2.27. The molecule has 9 heteroatoms. The summed E-state index contributed by atoms with van der Waals surface area (Å²) < 4.78 is 19.5. The molecule has 1 fully saturated rings. The minimum absolute atomic E-state index is 0.107. The molecule has 1 aromatic heterocycles. The van der Waals surface area contributed by atoms with Crippen molar-refractivity contribution in [3.05, 3.63) is 89.0 Å². The van der Waals surface area contributed by atoms with E-state index >= 15 is 0 Å². The average molecular weight is 506 g/mol. The third kappa shape index (κ3) is 5.94. The molecular formula is C28H28FN3O5. The first-order chi connectivity index (χ1) is 17.9. The summed E-state index contributed by atoms with van der Waals surface area (Å²) in [5.41, 5.74) is 0.428. The van der Waals surface area contributed by atoms with E-state index < -0.39 is 22.9 Å². The smallest absolute Gasteiger partial charge is 0.251 e. The Hall–Kier alpha value is -4.27. The third-order valence-corrected chi connectivity index (χ3v) is 6.53. The zero-order valence-corrected chi connectivity index (χ0v) is 20.4. The Morgan fingerprint density at radius 2 is 1.38 bits per heavy atom. The monoisotopic (exact) mass is 505 g/mol. The zero-order chi connectivity index (χ0) is 26.4. The average Bonchev–Trinajstić information content (AvgIpc) is 3.14. The van der Waals surface area contributed by atoms with Crippen molar-refractivity contribution in [3.8, 4) is 11.5 Å². The van der Waals surface area contributed by atoms with E-state index in [1.807, 2.05) is 0 Å². The summed E-state index contributed by atoms with van der Waals surface area (Å²) in [5.74, 6) is -2.91. The minimum atomic E-state index is -0.956. The normalized spacial score (nSPS) is 17.4.